The minimum atomic E-state index is 0.161. The molecule has 28 heavy (non-hydrogen) atoms. The molecule has 3 fully saturated rings. The highest BCUT2D eigenvalue weighted by Gasteiger charge is 2.32. The summed E-state index contributed by atoms with van der Waals surface area (Å²) in [5.74, 6) is 0.360. The van der Waals surface area contributed by atoms with E-state index in [0.717, 1.165) is 37.7 Å². The van der Waals surface area contributed by atoms with Crippen molar-refractivity contribution in [3.8, 4) is 0 Å². The van der Waals surface area contributed by atoms with E-state index in [1.54, 1.807) is 6.20 Å². The minimum Gasteiger partial charge on any atom is -0.350 e. The molecule has 4 heterocycles. The van der Waals surface area contributed by atoms with Crippen molar-refractivity contribution in [2.75, 3.05) is 39.3 Å². The van der Waals surface area contributed by atoms with Crippen molar-refractivity contribution < 1.29 is 4.79 Å². The zero-order valence-corrected chi connectivity index (χ0v) is 17.0. The van der Waals surface area contributed by atoms with Crippen molar-refractivity contribution in [2.45, 2.75) is 57.2 Å². The molecule has 6 heteroatoms. The van der Waals surface area contributed by atoms with Crippen LogP contribution in [0.3, 0.4) is 0 Å². The molecule has 6 nitrogen and oxygen atoms in total. The summed E-state index contributed by atoms with van der Waals surface area (Å²) in [6.07, 6.45) is 8.99. The van der Waals surface area contributed by atoms with E-state index < -0.39 is 0 Å². The fourth-order valence-corrected chi connectivity index (χ4v) is 5.11. The molecule has 1 aromatic rings. The number of aromatic nitrogens is 1. The number of nitrogens with zero attached hydrogens (tertiary/aromatic N) is 3. The Morgan fingerprint density at radius 3 is 2.46 bits per heavy atom. The number of amides is 1. The maximum Gasteiger partial charge on any atom is 0.223 e. The van der Waals surface area contributed by atoms with Gasteiger partial charge in [-0.05, 0) is 83.4 Å². The molecule has 3 saturated heterocycles. The predicted molar refractivity (Wildman–Crippen MR) is 111 cm³/mol. The third kappa shape index (κ3) is 5.10. The van der Waals surface area contributed by atoms with Crippen LogP contribution < -0.4 is 10.6 Å². The first kappa shape index (κ1) is 19.8. The third-order valence-corrected chi connectivity index (χ3v) is 6.87. The lowest BCUT2D eigenvalue weighted by molar-refractivity contribution is -0.126. The Labute approximate surface area is 169 Å². The Bertz CT molecular complexity index is 603. The predicted octanol–water partition coefficient (Wildman–Crippen LogP) is 1.63. The summed E-state index contributed by atoms with van der Waals surface area (Å²) in [5, 5.41) is 6.62. The summed E-state index contributed by atoms with van der Waals surface area (Å²) in [5.41, 5.74) is 0.924. The molecule has 1 atom stereocenters. The van der Waals surface area contributed by atoms with Gasteiger partial charge >= 0.3 is 0 Å². The zero-order chi connectivity index (χ0) is 19.2. The van der Waals surface area contributed by atoms with E-state index in [2.05, 4.69) is 25.4 Å². The van der Waals surface area contributed by atoms with Crippen molar-refractivity contribution in [3.05, 3.63) is 30.1 Å². The number of hydrogen-bond acceptors (Lipinski definition) is 5. The van der Waals surface area contributed by atoms with E-state index in [1.165, 1.54) is 51.9 Å². The molecule has 0 spiro atoms. The molecule has 0 aliphatic carbocycles. The van der Waals surface area contributed by atoms with Crippen LogP contribution in [-0.4, -0.2) is 72.0 Å². The van der Waals surface area contributed by atoms with Crippen LogP contribution in [-0.2, 0) is 11.3 Å². The third-order valence-electron chi connectivity index (χ3n) is 6.87. The fourth-order valence-electron chi connectivity index (χ4n) is 5.11. The first-order chi connectivity index (χ1) is 13.8. The second-order valence-corrected chi connectivity index (χ2v) is 8.62. The van der Waals surface area contributed by atoms with E-state index in [0.29, 0.717) is 12.6 Å². The molecule has 154 valence electrons. The van der Waals surface area contributed by atoms with Gasteiger partial charge in [-0.3, -0.25) is 14.7 Å². The molecular weight excluding hydrogens is 350 g/mol. The number of pyridine rings is 1. The molecule has 1 amide bonds. The van der Waals surface area contributed by atoms with Crippen LogP contribution in [0.4, 0.5) is 0 Å². The zero-order valence-electron chi connectivity index (χ0n) is 17.0. The van der Waals surface area contributed by atoms with Gasteiger partial charge < -0.3 is 15.5 Å². The van der Waals surface area contributed by atoms with Crippen LogP contribution >= 0.6 is 0 Å². The summed E-state index contributed by atoms with van der Waals surface area (Å²) in [6.45, 7) is 7.51. The highest BCUT2D eigenvalue weighted by Crippen LogP contribution is 2.25. The van der Waals surface area contributed by atoms with Gasteiger partial charge in [0, 0.05) is 30.7 Å². The van der Waals surface area contributed by atoms with Crippen molar-refractivity contribution in [1.82, 2.24) is 25.4 Å². The summed E-state index contributed by atoms with van der Waals surface area (Å²) >= 11 is 0. The first-order valence-corrected chi connectivity index (χ1v) is 11.2. The Kier molecular flexibility index (Phi) is 6.94. The number of carbonyl (C=O) groups is 1. The fraction of sp³-hybridized carbons (Fsp3) is 0.727. The molecule has 0 bridgehead atoms. The maximum absolute atomic E-state index is 12.5. The van der Waals surface area contributed by atoms with Crippen LogP contribution in [0.2, 0.25) is 0 Å². The Morgan fingerprint density at radius 1 is 1.04 bits per heavy atom. The normalized spacial score (nSPS) is 26.2. The van der Waals surface area contributed by atoms with Crippen LogP contribution in [0.1, 0.15) is 44.2 Å². The maximum atomic E-state index is 12.5. The van der Waals surface area contributed by atoms with E-state index >= 15 is 0 Å². The monoisotopic (exact) mass is 385 g/mol. The quantitative estimate of drug-likeness (QED) is 0.807. The standard InChI is InChI=1S/C22H35N5O/c28-22(25-16-19-4-1-2-11-24-19)18-6-12-26(13-7-18)20-8-14-27(15-9-20)21-5-3-10-23-17-21/h1-2,4,11,18,20-21,23H,3,5-10,12-17H2,(H,25,28). The van der Waals surface area contributed by atoms with Gasteiger partial charge in [-0.1, -0.05) is 6.07 Å². The van der Waals surface area contributed by atoms with Crippen LogP contribution in [0.25, 0.3) is 0 Å². The average Bonchev–Trinajstić information content (AvgIpc) is 2.79. The second kappa shape index (κ2) is 9.81. The average molecular weight is 386 g/mol. The van der Waals surface area contributed by atoms with E-state index in [9.17, 15) is 4.79 Å². The molecule has 0 radical (unpaired) electrons. The molecular formula is C22H35N5O. The highest BCUT2D eigenvalue weighted by atomic mass is 16.1. The molecule has 0 saturated carbocycles. The van der Waals surface area contributed by atoms with E-state index in [1.807, 2.05) is 18.2 Å². The summed E-state index contributed by atoms with van der Waals surface area (Å²) in [4.78, 5) is 22.1. The van der Waals surface area contributed by atoms with Crippen LogP contribution in [0, 0.1) is 5.92 Å². The van der Waals surface area contributed by atoms with Gasteiger partial charge in [0.25, 0.3) is 0 Å². The van der Waals surface area contributed by atoms with Crippen LogP contribution in [0.15, 0.2) is 24.4 Å². The van der Waals surface area contributed by atoms with Gasteiger partial charge in [-0.15, -0.1) is 0 Å². The SMILES string of the molecule is O=C(NCc1ccccn1)C1CCN(C2CCN(C3CCCNC3)CC2)CC1. The number of carbonyl (C=O) groups excluding carboxylic acids is 1. The minimum absolute atomic E-state index is 0.161. The molecule has 3 aliphatic heterocycles. The van der Waals surface area contributed by atoms with Gasteiger partial charge in [0.15, 0.2) is 0 Å². The van der Waals surface area contributed by atoms with Crippen molar-refractivity contribution in [1.29, 1.82) is 0 Å². The van der Waals surface area contributed by atoms with E-state index in [4.69, 9.17) is 0 Å². The lowest BCUT2D eigenvalue weighted by atomic mass is 9.92. The van der Waals surface area contributed by atoms with Crippen LogP contribution in [0.5, 0.6) is 0 Å². The molecule has 3 aliphatic rings. The van der Waals surface area contributed by atoms with Crippen molar-refractivity contribution in [3.63, 3.8) is 0 Å². The number of nitrogens with one attached hydrogen (secondary N) is 2. The largest absolute Gasteiger partial charge is 0.350 e. The highest BCUT2D eigenvalue weighted by molar-refractivity contribution is 5.78. The summed E-state index contributed by atoms with van der Waals surface area (Å²) < 4.78 is 0. The smallest absolute Gasteiger partial charge is 0.223 e. The first-order valence-electron chi connectivity index (χ1n) is 11.2. The van der Waals surface area contributed by atoms with Gasteiger partial charge in [0.05, 0.1) is 12.2 Å². The Hall–Kier alpha value is -1.50. The molecule has 1 aromatic heterocycles. The van der Waals surface area contributed by atoms with Gasteiger partial charge in [-0.25, -0.2) is 0 Å². The number of hydrogen-bond donors (Lipinski definition) is 2. The number of piperidine rings is 3. The van der Waals surface area contributed by atoms with Crippen molar-refractivity contribution >= 4 is 5.91 Å². The molecule has 1 unspecified atom stereocenters. The summed E-state index contributed by atoms with van der Waals surface area (Å²) in [7, 11) is 0. The van der Waals surface area contributed by atoms with E-state index in [-0.39, 0.29) is 11.8 Å². The Balaban J connectivity index is 1.17. The number of likely N-dealkylation sites (tertiary alicyclic amines) is 2. The summed E-state index contributed by atoms with van der Waals surface area (Å²) in [6, 6.07) is 7.28. The molecule has 4 rings (SSSR count). The lowest BCUT2D eigenvalue weighted by Gasteiger charge is -2.44. The topological polar surface area (TPSA) is 60.5 Å². The van der Waals surface area contributed by atoms with Gasteiger partial charge in [0.2, 0.25) is 5.91 Å². The van der Waals surface area contributed by atoms with Gasteiger partial charge in [0.1, 0.15) is 0 Å². The van der Waals surface area contributed by atoms with Gasteiger partial charge in [-0.2, -0.15) is 0 Å². The van der Waals surface area contributed by atoms with Crippen molar-refractivity contribution in [2.24, 2.45) is 5.92 Å². The molecule has 2 N–H and O–H groups in total. The number of rotatable bonds is 5. The Morgan fingerprint density at radius 2 is 1.79 bits per heavy atom. The second-order valence-electron chi connectivity index (χ2n) is 8.62. The lowest BCUT2D eigenvalue weighted by Crippen LogP contribution is -2.53. The molecule has 0 aromatic carbocycles.